The molecule has 27 heavy (non-hydrogen) atoms. The number of amides is 2. The number of halogens is 1. The summed E-state index contributed by atoms with van der Waals surface area (Å²) in [5.74, 6) is -0.0635. The van der Waals surface area contributed by atoms with Crippen LogP contribution in [0.25, 0.3) is 0 Å². The molecule has 0 atom stereocenters. The van der Waals surface area contributed by atoms with E-state index in [1.165, 1.54) is 0 Å². The van der Waals surface area contributed by atoms with Crippen molar-refractivity contribution < 1.29 is 18.9 Å². The molecule has 146 valence electrons. The highest BCUT2D eigenvalue weighted by Gasteiger charge is 2.51. The molecule has 1 aromatic carbocycles. The molecular weight excluding hydrogens is 366 g/mol. The normalized spacial score (nSPS) is 21.5. The molecule has 2 saturated heterocycles. The third kappa shape index (κ3) is 4.00. The number of hydrogen-bond donors (Lipinski definition) is 0. The van der Waals surface area contributed by atoms with E-state index in [1.54, 1.807) is 34.9 Å². The van der Waals surface area contributed by atoms with Crippen LogP contribution >= 0.6 is 11.6 Å². The van der Waals surface area contributed by atoms with Gasteiger partial charge in [-0.3, -0.25) is 9.59 Å². The Kier molecular flexibility index (Phi) is 5.32. The third-order valence-corrected chi connectivity index (χ3v) is 5.92. The lowest BCUT2D eigenvalue weighted by atomic mass is 9.78. The van der Waals surface area contributed by atoms with Gasteiger partial charge in [-0.2, -0.15) is 0 Å². The number of piperazine rings is 1. The molecule has 2 heterocycles. The molecule has 0 unspecified atom stereocenters. The fraction of sp³-hybridized carbons (Fsp3) is 0.579. The van der Waals surface area contributed by atoms with Crippen LogP contribution in [0.5, 0.6) is 0 Å². The number of benzene rings is 1. The highest BCUT2D eigenvalue weighted by atomic mass is 35.5. The van der Waals surface area contributed by atoms with E-state index in [1.807, 2.05) is 27.7 Å². The van der Waals surface area contributed by atoms with Gasteiger partial charge in [-0.1, -0.05) is 11.6 Å². The summed E-state index contributed by atoms with van der Waals surface area (Å²) in [5.41, 5.74) is 0.302. The van der Waals surface area contributed by atoms with Crippen molar-refractivity contribution in [2.45, 2.75) is 45.8 Å². The lowest BCUT2D eigenvalue weighted by Gasteiger charge is -2.34. The Balaban J connectivity index is 1.78. The van der Waals surface area contributed by atoms with Gasteiger partial charge in [0.15, 0.2) is 0 Å². The fourth-order valence-electron chi connectivity index (χ4n) is 3.26. The van der Waals surface area contributed by atoms with Crippen molar-refractivity contribution in [3.8, 4) is 0 Å². The molecule has 0 saturated carbocycles. The van der Waals surface area contributed by atoms with Crippen LogP contribution in [-0.2, 0) is 14.1 Å². The van der Waals surface area contributed by atoms with E-state index in [4.69, 9.17) is 20.9 Å². The zero-order chi connectivity index (χ0) is 20.0. The van der Waals surface area contributed by atoms with Gasteiger partial charge in [0.1, 0.15) is 0 Å². The molecule has 0 bridgehead atoms. The molecule has 0 N–H and O–H groups in total. The van der Waals surface area contributed by atoms with Gasteiger partial charge in [-0.15, -0.1) is 0 Å². The van der Waals surface area contributed by atoms with Gasteiger partial charge in [-0.05, 0) is 51.4 Å². The lowest BCUT2D eigenvalue weighted by Crippen LogP contribution is -2.50. The van der Waals surface area contributed by atoms with Crippen molar-refractivity contribution in [1.82, 2.24) is 9.80 Å². The summed E-state index contributed by atoms with van der Waals surface area (Å²) >= 11 is 6.28. The molecular formula is C19H26BClN2O4. The van der Waals surface area contributed by atoms with Crippen LogP contribution in [0.15, 0.2) is 18.2 Å². The predicted octanol–water partition coefficient (Wildman–Crippen LogP) is 1.94. The van der Waals surface area contributed by atoms with E-state index in [9.17, 15) is 9.59 Å². The van der Waals surface area contributed by atoms with Gasteiger partial charge in [0.05, 0.1) is 11.2 Å². The molecule has 1 aromatic rings. The molecule has 6 nitrogen and oxygen atoms in total. The molecule has 0 spiro atoms. The summed E-state index contributed by atoms with van der Waals surface area (Å²) in [6, 6.07) is 5.22. The van der Waals surface area contributed by atoms with E-state index in [2.05, 4.69) is 0 Å². The van der Waals surface area contributed by atoms with Crippen molar-refractivity contribution in [2.75, 3.05) is 26.2 Å². The minimum absolute atomic E-state index is 0.0351. The SMILES string of the molecule is CC(=O)N1CCN(C(=O)c2cc(Cl)cc(B3OC(C)(C)C(C)(C)O3)c2)CC1. The van der Waals surface area contributed by atoms with Crippen LogP contribution in [0, 0.1) is 0 Å². The third-order valence-electron chi connectivity index (χ3n) is 5.70. The van der Waals surface area contributed by atoms with Crippen molar-refractivity contribution in [3.63, 3.8) is 0 Å². The number of hydrogen-bond acceptors (Lipinski definition) is 4. The molecule has 8 heteroatoms. The molecule has 3 rings (SSSR count). The largest absolute Gasteiger partial charge is 0.494 e. The van der Waals surface area contributed by atoms with E-state index < -0.39 is 18.3 Å². The van der Waals surface area contributed by atoms with Gasteiger partial charge in [0.2, 0.25) is 5.91 Å². The van der Waals surface area contributed by atoms with E-state index in [0.29, 0.717) is 36.8 Å². The first-order chi connectivity index (χ1) is 12.5. The van der Waals surface area contributed by atoms with Crippen molar-refractivity contribution in [2.24, 2.45) is 0 Å². The summed E-state index contributed by atoms with van der Waals surface area (Å²) in [7, 11) is -0.574. The zero-order valence-electron chi connectivity index (χ0n) is 16.5. The fourth-order valence-corrected chi connectivity index (χ4v) is 3.50. The van der Waals surface area contributed by atoms with Crippen LogP contribution in [0.4, 0.5) is 0 Å². The Bertz CT molecular complexity index is 744. The Hall–Kier alpha value is -1.57. The Morgan fingerprint density at radius 3 is 2.00 bits per heavy atom. The van der Waals surface area contributed by atoms with E-state index >= 15 is 0 Å². The summed E-state index contributed by atoms with van der Waals surface area (Å²) in [5, 5.41) is 0.466. The minimum atomic E-state index is -0.574. The number of rotatable bonds is 2. The standard InChI is InChI=1S/C19H26BClN2O4/c1-13(24)22-6-8-23(9-7-22)17(25)14-10-15(12-16(21)11-14)20-26-18(2,3)19(4,5)27-20/h10-12H,6-9H2,1-5H3. The maximum Gasteiger partial charge on any atom is 0.494 e. The van der Waals surface area contributed by atoms with Gasteiger partial charge >= 0.3 is 7.12 Å². The molecule has 2 aliphatic rings. The smallest absolute Gasteiger partial charge is 0.399 e. The van der Waals surface area contributed by atoms with E-state index in [0.717, 1.165) is 5.46 Å². The van der Waals surface area contributed by atoms with Crippen molar-refractivity contribution in [1.29, 1.82) is 0 Å². The lowest BCUT2D eigenvalue weighted by molar-refractivity contribution is -0.130. The number of carbonyl (C=O) groups excluding carboxylic acids is 2. The zero-order valence-corrected chi connectivity index (χ0v) is 17.3. The Morgan fingerprint density at radius 1 is 0.963 bits per heavy atom. The average molecular weight is 393 g/mol. The molecule has 2 aliphatic heterocycles. The topological polar surface area (TPSA) is 59.1 Å². The first kappa shape index (κ1) is 20.2. The summed E-state index contributed by atoms with van der Waals surface area (Å²) in [6.45, 7) is 11.6. The van der Waals surface area contributed by atoms with Crippen LogP contribution in [0.3, 0.4) is 0 Å². The first-order valence-electron chi connectivity index (χ1n) is 9.21. The first-order valence-corrected chi connectivity index (χ1v) is 9.59. The summed E-state index contributed by atoms with van der Waals surface area (Å²) in [4.78, 5) is 27.9. The second kappa shape index (κ2) is 7.11. The highest BCUT2D eigenvalue weighted by Crippen LogP contribution is 2.36. The quantitative estimate of drug-likeness (QED) is 0.722. The minimum Gasteiger partial charge on any atom is -0.399 e. The Labute approximate surface area is 165 Å². The van der Waals surface area contributed by atoms with Crippen molar-refractivity contribution in [3.05, 3.63) is 28.8 Å². The summed E-state index contributed by atoms with van der Waals surface area (Å²) in [6.07, 6.45) is 0. The van der Waals surface area contributed by atoms with Crippen LogP contribution in [0.1, 0.15) is 45.0 Å². The van der Waals surface area contributed by atoms with Gasteiger partial charge < -0.3 is 19.1 Å². The second-order valence-electron chi connectivity index (χ2n) is 8.16. The maximum absolute atomic E-state index is 12.9. The second-order valence-corrected chi connectivity index (χ2v) is 8.60. The predicted molar refractivity (Wildman–Crippen MR) is 105 cm³/mol. The van der Waals surface area contributed by atoms with Crippen LogP contribution in [0.2, 0.25) is 5.02 Å². The van der Waals surface area contributed by atoms with Crippen LogP contribution in [-0.4, -0.2) is 66.1 Å². The summed E-state index contributed by atoms with van der Waals surface area (Å²) < 4.78 is 12.2. The van der Waals surface area contributed by atoms with Gasteiger partial charge in [0, 0.05) is 43.7 Å². The maximum atomic E-state index is 12.9. The number of nitrogens with zero attached hydrogens (tertiary/aromatic N) is 2. The van der Waals surface area contributed by atoms with E-state index in [-0.39, 0.29) is 11.8 Å². The number of carbonyl (C=O) groups is 2. The van der Waals surface area contributed by atoms with Crippen molar-refractivity contribution >= 4 is 36.0 Å². The molecule has 0 radical (unpaired) electrons. The molecule has 2 amide bonds. The highest BCUT2D eigenvalue weighted by molar-refractivity contribution is 6.62. The Morgan fingerprint density at radius 2 is 1.48 bits per heavy atom. The molecule has 0 aliphatic carbocycles. The monoisotopic (exact) mass is 392 g/mol. The van der Waals surface area contributed by atoms with Gasteiger partial charge in [-0.25, -0.2) is 0 Å². The molecule has 2 fully saturated rings. The van der Waals surface area contributed by atoms with Crippen LogP contribution < -0.4 is 5.46 Å². The molecule has 0 aromatic heterocycles. The van der Waals surface area contributed by atoms with Gasteiger partial charge in [0.25, 0.3) is 5.91 Å². The average Bonchev–Trinajstić information content (AvgIpc) is 2.81.